The molecule has 0 atom stereocenters. The van der Waals surface area contributed by atoms with E-state index < -0.39 is 17.6 Å². The highest BCUT2D eigenvalue weighted by Gasteiger charge is 2.15. The Balaban J connectivity index is 1.80. The minimum Gasteiger partial charge on any atom is -0.507 e. The first-order valence-corrected chi connectivity index (χ1v) is 7.13. The standard InChI is InChI=1S/C18H13FN2O3/c19-11-4-1-5-12(10-11)20-17(23)18(24)21-15-8-2-7-14-13(15)6-3-9-16(14)22/h1-10,22H,(H,20,23)(H,21,24). The van der Waals surface area contributed by atoms with Gasteiger partial charge in [0.25, 0.3) is 0 Å². The Hall–Kier alpha value is -3.41. The van der Waals surface area contributed by atoms with E-state index in [4.69, 9.17) is 0 Å². The van der Waals surface area contributed by atoms with Crippen LogP contribution in [0.4, 0.5) is 15.8 Å². The number of anilines is 2. The highest BCUT2D eigenvalue weighted by molar-refractivity contribution is 6.44. The van der Waals surface area contributed by atoms with Crippen molar-refractivity contribution >= 4 is 34.0 Å². The van der Waals surface area contributed by atoms with Crippen LogP contribution >= 0.6 is 0 Å². The maximum atomic E-state index is 13.1. The van der Waals surface area contributed by atoms with E-state index in [1.807, 2.05) is 0 Å². The SMILES string of the molecule is O=C(Nc1cccc(F)c1)C(=O)Nc1cccc2c(O)cccc12. The summed E-state index contributed by atoms with van der Waals surface area (Å²) >= 11 is 0. The van der Waals surface area contributed by atoms with Gasteiger partial charge in [-0.25, -0.2) is 4.39 Å². The Morgan fingerprint density at radius 2 is 1.50 bits per heavy atom. The van der Waals surface area contributed by atoms with Gasteiger partial charge in [0.1, 0.15) is 11.6 Å². The van der Waals surface area contributed by atoms with E-state index in [1.54, 1.807) is 30.3 Å². The fraction of sp³-hybridized carbons (Fsp3) is 0. The van der Waals surface area contributed by atoms with Gasteiger partial charge in [-0.15, -0.1) is 0 Å². The lowest BCUT2D eigenvalue weighted by Gasteiger charge is -2.10. The number of hydrogen-bond donors (Lipinski definition) is 3. The van der Waals surface area contributed by atoms with Crippen molar-refractivity contribution in [2.45, 2.75) is 0 Å². The van der Waals surface area contributed by atoms with E-state index in [-0.39, 0.29) is 11.4 Å². The molecule has 24 heavy (non-hydrogen) atoms. The van der Waals surface area contributed by atoms with Crippen LogP contribution in [0.1, 0.15) is 0 Å². The van der Waals surface area contributed by atoms with E-state index in [2.05, 4.69) is 10.6 Å². The predicted molar refractivity (Wildman–Crippen MR) is 89.3 cm³/mol. The fourth-order valence-corrected chi connectivity index (χ4v) is 2.34. The summed E-state index contributed by atoms with van der Waals surface area (Å²) in [5, 5.41) is 15.8. The Morgan fingerprint density at radius 1 is 0.833 bits per heavy atom. The minimum absolute atomic E-state index is 0.0767. The van der Waals surface area contributed by atoms with E-state index >= 15 is 0 Å². The number of phenolic OH excluding ortho intramolecular Hbond substituents is 1. The van der Waals surface area contributed by atoms with Crippen LogP contribution in [0.25, 0.3) is 10.8 Å². The maximum Gasteiger partial charge on any atom is 0.314 e. The van der Waals surface area contributed by atoms with Gasteiger partial charge in [-0.05, 0) is 30.3 Å². The number of phenols is 1. The maximum absolute atomic E-state index is 13.1. The van der Waals surface area contributed by atoms with Gasteiger partial charge in [-0.3, -0.25) is 9.59 Å². The number of rotatable bonds is 2. The molecule has 0 fully saturated rings. The molecule has 3 N–H and O–H groups in total. The summed E-state index contributed by atoms with van der Waals surface area (Å²) in [6.45, 7) is 0. The third-order valence-corrected chi connectivity index (χ3v) is 3.44. The van der Waals surface area contributed by atoms with E-state index in [9.17, 15) is 19.1 Å². The molecule has 0 aliphatic carbocycles. The van der Waals surface area contributed by atoms with Gasteiger partial charge in [-0.2, -0.15) is 0 Å². The molecular weight excluding hydrogens is 311 g/mol. The van der Waals surface area contributed by atoms with Gasteiger partial charge in [0.05, 0.1) is 0 Å². The van der Waals surface area contributed by atoms with E-state index in [0.717, 1.165) is 6.07 Å². The lowest BCUT2D eigenvalue weighted by atomic mass is 10.1. The zero-order valence-electron chi connectivity index (χ0n) is 12.4. The van der Waals surface area contributed by atoms with Crippen molar-refractivity contribution < 1.29 is 19.1 Å². The average molecular weight is 324 g/mol. The summed E-state index contributed by atoms with van der Waals surface area (Å²) in [6, 6.07) is 15.1. The van der Waals surface area contributed by atoms with Crippen LogP contribution < -0.4 is 10.6 Å². The normalized spacial score (nSPS) is 10.4. The molecule has 2 amide bonds. The third-order valence-electron chi connectivity index (χ3n) is 3.44. The first-order valence-electron chi connectivity index (χ1n) is 7.13. The molecular formula is C18H13FN2O3. The highest BCUT2D eigenvalue weighted by Crippen LogP contribution is 2.29. The first-order chi connectivity index (χ1) is 11.5. The number of hydrogen-bond acceptors (Lipinski definition) is 3. The number of benzene rings is 3. The van der Waals surface area contributed by atoms with Gasteiger partial charge in [0.2, 0.25) is 0 Å². The van der Waals surface area contributed by atoms with Crippen LogP contribution in [-0.4, -0.2) is 16.9 Å². The van der Waals surface area contributed by atoms with Crippen LogP contribution in [0.15, 0.2) is 60.7 Å². The number of aromatic hydroxyl groups is 1. The second-order valence-electron chi connectivity index (χ2n) is 5.10. The van der Waals surface area contributed by atoms with Crippen LogP contribution in [0, 0.1) is 5.82 Å². The minimum atomic E-state index is -0.919. The van der Waals surface area contributed by atoms with Crippen molar-refractivity contribution in [1.82, 2.24) is 0 Å². The van der Waals surface area contributed by atoms with Crippen molar-refractivity contribution in [2.75, 3.05) is 10.6 Å². The molecule has 0 heterocycles. The number of halogens is 1. The summed E-state index contributed by atoms with van der Waals surface area (Å²) in [5.41, 5.74) is 0.577. The predicted octanol–water partition coefficient (Wildman–Crippen LogP) is 3.26. The molecule has 3 aromatic carbocycles. The molecule has 3 rings (SSSR count). The number of carbonyl (C=O) groups is 2. The zero-order chi connectivity index (χ0) is 17.1. The molecule has 0 aliphatic heterocycles. The molecule has 6 heteroatoms. The largest absolute Gasteiger partial charge is 0.507 e. The third kappa shape index (κ3) is 3.17. The quantitative estimate of drug-likeness (QED) is 0.633. The van der Waals surface area contributed by atoms with Crippen molar-refractivity contribution in [3.8, 4) is 5.75 Å². The van der Waals surface area contributed by atoms with Crippen molar-refractivity contribution in [2.24, 2.45) is 0 Å². The average Bonchev–Trinajstić information content (AvgIpc) is 2.56. The second-order valence-corrected chi connectivity index (χ2v) is 5.10. The van der Waals surface area contributed by atoms with Crippen LogP contribution in [0.2, 0.25) is 0 Å². The second kappa shape index (κ2) is 6.37. The van der Waals surface area contributed by atoms with Gasteiger partial charge >= 0.3 is 11.8 Å². The summed E-state index contributed by atoms with van der Waals surface area (Å²) in [6.07, 6.45) is 0. The lowest BCUT2D eigenvalue weighted by Crippen LogP contribution is -2.29. The van der Waals surface area contributed by atoms with Crippen molar-refractivity contribution in [1.29, 1.82) is 0 Å². The Bertz CT molecular complexity index is 940. The van der Waals surface area contributed by atoms with Gasteiger partial charge < -0.3 is 15.7 Å². The summed E-state index contributed by atoms with van der Waals surface area (Å²) in [4.78, 5) is 24.0. The molecule has 120 valence electrons. The Morgan fingerprint density at radius 3 is 2.29 bits per heavy atom. The smallest absolute Gasteiger partial charge is 0.314 e. The lowest BCUT2D eigenvalue weighted by molar-refractivity contribution is -0.132. The zero-order valence-corrected chi connectivity index (χ0v) is 12.4. The summed E-state index contributed by atoms with van der Waals surface area (Å²) < 4.78 is 13.1. The molecule has 0 saturated heterocycles. The van der Waals surface area contributed by atoms with Gasteiger partial charge in [-0.1, -0.05) is 30.3 Å². The highest BCUT2D eigenvalue weighted by atomic mass is 19.1. The van der Waals surface area contributed by atoms with Crippen LogP contribution in [-0.2, 0) is 9.59 Å². The first kappa shape index (κ1) is 15.5. The molecule has 0 aromatic heterocycles. The Kier molecular flexibility index (Phi) is 4.11. The molecule has 3 aromatic rings. The molecule has 5 nitrogen and oxygen atoms in total. The van der Waals surface area contributed by atoms with Crippen molar-refractivity contribution in [3.63, 3.8) is 0 Å². The van der Waals surface area contributed by atoms with Crippen LogP contribution in [0.5, 0.6) is 5.75 Å². The number of nitrogens with one attached hydrogen (secondary N) is 2. The molecule has 0 radical (unpaired) electrons. The van der Waals surface area contributed by atoms with Gasteiger partial charge in [0.15, 0.2) is 0 Å². The molecule has 0 bridgehead atoms. The molecule has 0 spiro atoms. The molecule has 0 saturated carbocycles. The summed E-state index contributed by atoms with van der Waals surface area (Å²) in [5.74, 6) is -2.25. The van der Waals surface area contributed by atoms with Crippen LogP contribution in [0.3, 0.4) is 0 Å². The topological polar surface area (TPSA) is 78.4 Å². The Labute approximate surface area is 136 Å². The van der Waals surface area contributed by atoms with Gasteiger partial charge in [0, 0.05) is 22.1 Å². The fourth-order valence-electron chi connectivity index (χ4n) is 2.34. The molecule has 0 aliphatic rings. The summed E-state index contributed by atoms with van der Waals surface area (Å²) in [7, 11) is 0. The van der Waals surface area contributed by atoms with E-state index in [1.165, 1.54) is 24.3 Å². The number of carbonyl (C=O) groups excluding carboxylic acids is 2. The van der Waals surface area contributed by atoms with E-state index in [0.29, 0.717) is 16.5 Å². The molecule has 0 unspecified atom stereocenters. The van der Waals surface area contributed by atoms with Crippen molar-refractivity contribution in [3.05, 3.63) is 66.5 Å². The number of fused-ring (bicyclic) bond motifs is 1. The monoisotopic (exact) mass is 324 g/mol. The number of amides is 2.